The Hall–Kier alpha value is -1.36. The van der Waals surface area contributed by atoms with Crippen molar-refractivity contribution >= 4 is 5.91 Å². The lowest BCUT2D eigenvalue weighted by molar-refractivity contribution is 0.0781. The monoisotopic (exact) mass is 320 g/mol. The molecule has 130 valence electrons. The molecular weight excluding hydrogens is 288 g/mol. The van der Waals surface area contributed by atoms with Crippen molar-refractivity contribution in [2.45, 2.75) is 71.4 Å². The zero-order chi connectivity index (χ0) is 17.4. The summed E-state index contributed by atoms with van der Waals surface area (Å²) in [5, 5.41) is 4.62. The van der Waals surface area contributed by atoms with E-state index in [1.54, 1.807) is 4.90 Å². The molecule has 1 fully saturated rings. The Balaban J connectivity index is 2.10. The van der Waals surface area contributed by atoms with Gasteiger partial charge in [-0.05, 0) is 52.0 Å². The minimum absolute atomic E-state index is 0.00847. The molecule has 23 heavy (non-hydrogen) atoms. The highest BCUT2D eigenvalue weighted by atomic mass is 16.2. The highest BCUT2D eigenvalue weighted by Crippen LogP contribution is 2.41. The standard InChI is InChI=1S/C18H32N4O/c1-12(2)14(19)9-10-21(6)17(23)15-11-16(13-7-8-13)22(20-15)18(3,4)5/h11-14H,7-10,19H2,1-6H3. The molecule has 1 aromatic rings. The van der Waals surface area contributed by atoms with Crippen molar-refractivity contribution in [3.05, 3.63) is 17.5 Å². The van der Waals surface area contributed by atoms with E-state index in [1.807, 2.05) is 17.8 Å². The number of hydrogen-bond acceptors (Lipinski definition) is 3. The molecule has 1 aliphatic carbocycles. The maximum Gasteiger partial charge on any atom is 0.274 e. The minimum Gasteiger partial charge on any atom is -0.340 e. The van der Waals surface area contributed by atoms with Gasteiger partial charge in [0, 0.05) is 31.2 Å². The van der Waals surface area contributed by atoms with Crippen molar-refractivity contribution in [2.75, 3.05) is 13.6 Å². The van der Waals surface area contributed by atoms with E-state index in [0.29, 0.717) is 24.1 Å². The Morgan fingerprint density at radius 3 is 2.52 bits per heavy atom. The Bertz CT molecular complexity index is 552. The molecule has 0 aliphatic heterocycles. The average Bonchev–Trinajstić information content (AvgIpc) is 3.20. The minimum atomic E-state index is -0.102. The second-order valence-electron chi connectivity index (χ2n) is 8.23. The van der Waals surface area contributed by atoms with Gasteiger partial charge >= 0.3 is 0 Å². The molecule has 2 N–H and O–H groups in total. The van der Waals surface area contributed by atoms with Gasteiger partial charge in [0.1, 0.15) is 0 Å². The molecule has 2 rings (SSSR count). The number of carbonyl (C=O) groups excluding carboxylic acids is 1. The van der Waals surface area contributed by atoms with E-state index in [1.165, 1.54) is 18.5 Å². The van der Waals surface area contributed by atoms with Crippen LogP contribution in [0.1, 0.15) is 76.0 Å². The first kappa shape index (κ1) is 18.0. The number of nitrogens with two attached hydrogens (primary N) is 1. The van der Waals surface area contributed by atoms with Crippen LogP contribution in [0.3, 0.4) is 0 Å². The zero-order valence-corrected chi connectivity index (χ0v) is 15.5. The van der Waals surface area contributed by atoms with E-state index >= 15 is 0 Å². The Kier molecular flexibility index (Phi) is 5.19. The number of amides is 1. The molecule has 1 saturated carbocycles. The molecule has 0 saturated heterocycles. The second-order valence-corrected chi connectivity index (χ2v) is 8.23. The lowest BCUT2D eigenvalue weighted by Crippen LogP contribution is -2.35. The van der Waals surface area contributed by atoms with Crippen LogP contribution in [0, 0.1) is 5.92 Å². The van der Waals surface area contributed by atoms with Gasteiger partial charge in [0.25, 0.3) is 5.91 Å². The molecule has 1 aromatic heterocycles. The molecule has 1 amide bonds. The smallest absolute Gasteiger partial charge is 0.274 e. The van der Waals surface area contributed by atoms with Crippen molar-refractivity contribution in [2.24, 2.45) is 11.7 Å². The molecule has 0 aromatic carbocycles. The predicted octanol–water partition coefficient (Wildman–Crippen LogP) is 2.96. The normalized spacial score (nSPS) is 16.7. The number of hydrogen-bond donors (Lipinski definition) is 1. The maximum atomic E-state index is 12.7. The fourth-order valence-electron chi connectivity index (χ4n) is 2.68. The number of aromatic nitrogens is 2. The van der Waals surface area contributed by atoms with E-state index in [2.05, 4.69) is 39.7 Å². The fourth-order valence-corrected chi connectivity index (χ4v) is 2.68. The fraction of sp³-hybridized carbons (Fsp3) is 0.778. The molecule has 0 radical (unpaired) electrons. The van der Waals surface area contributed by atoms with Gasteiger partial charge in [0.2, 0.25) is 0 Å². The molecule has 0 bridgehead atoms. The number of nitrogens with zero attached hydrogens (tertiary/aromatic N) is 3. The van der Waals surface area contributed by atoms with E-state index in [-0.39, 0.29) is 17.5 Å². The Labute approximate surface area is 140 Å². The summed E-state index contributed by atoms with van der Waals surface area (Å²) in [4.78, 5) is 14.4. The van der Waals surface area contributed by atoms with Crippen molar-refractivity contribution < 1.29 is 4.79 Å². The average molecular weight is 320 g/mol. The first-order valence-electron chi connectivity index (χ1n) is 8.72. The number of rotatable bonds is 6. The summed E-state index contributed by atoms with van der Waals surface area (Å²) < 4.78 is 2.03. The summed E-state index contributed by atoms with van der Waals surface area (Å²) in [6, 6.07) is 2.11. The van der Waals surface area contributed by atoms with Crippen molar-refractivity contribution in [1.29, 1.82) is 0 Å². The zero-order valence-electron chi connectivity index (χ0n) is 15.5. The first-order chi connectivity index (χ1) is 10.6. The molecule has 5 nitrogen and oxygen atoms in total. The summed E-state index contributed by atoms with van der Waals surface area (Å²) in [5.74, 6) is 0.994. The van der Waals surface area contributed by atoms with Gasteiger partial charge in [0.05, 0.1) is 5.54 Å². The van der Waals surface area contributed by atoms with Gasteiger partial charge < -0.3 is 10.6 Å². The van der Waals surface area contributed by atoms with Gasteiger partial charge in [0.15, 0.2) is 5.69 Å². The number of carbonyl (C=O) groups is 1. The Morgan fingerprint density at radius 2 is 2.04 bits per heavy atom. The van der Waals surface area contributed by atoms with E-state index in [9.17, 15) is 4.79 Å². The van der Waals surface area contributed by atoms with Gasteiger partial charge in [-0.1, -0.05) is 13.8 Å². The third-order valence-electron chi connectivity index (χ3n) is 4.59. The van der Waals surface area contributed by atoms with Crippen LogP contribution in [-0.2, 0) is 5.54 Å². The van der Waals surface area contributed by atoms with Crippen molar-refractivity contribution in [3.63, 3.8) is 0 Å². The van der Waals surface area contributed by atoms with Crippen LogP contribution in [0.25, 0.3) is 0 Å². The maximum absolute atomic E-state index is 12.7. The lowest BCUT2D eigenvalue weighted by Gasteiger charge is -2.23. The summed E-state index contributed by atoms with van der Waals surface area (Å²) in [5.41, 5.74) is 7.74. The summed E-state index contributed by atoms with van der Waals surface area (Å²) >= 11 is 0. The highest BCUT2D eigenvalue weighted by Gasteiger charge is 2.33. The summed E-state index contributed by atoms with van der Waals surface area (Å²) in [6.45, 7) is 11.3. The first-order valence-corrected chi connectivity index (χ1v) is 8.72. The third-order valence-corrected chi connectivity index (χ3v) is 4.59. The molecule has 1 atom stereocenters. The van der Waals surface area contributed by atoms with Crippen LogP contribution in [0.5, 0.6) is 0 Å². The second kappa shape index (κ2) is 6.63. The SMILES string of the molecule is CC(C)C(N)CCN(C)C(=O)c1cc(C2CC2)n(C(C)(C)C)n1. The van der Waals surface area contributed by atoms with Crippen molar-refractivity contribution in [3.8, 4) is 0 Å². The van der Waals surface area contributed by atoms with Crippen LogP contribution < -0.4 is 5.73 Å². The van der Waals surface area contributed by atoms with E-state index in [4.69, 9.17) is 5.73 Å². The predicted molar refractivity (Wildman–Crippen MR) is 93.6 cm³/mol. The molecule has 1 unspecified atom stereocenters. The van der Waals surface area contributed by atoms with E-state index in [0.717, 1.165) is 6.42 Å². The topological polar surface area (TPSA) is 64.2 Å². The largest absolute Gasteiger partial charge is 0.340 e. The molecule has 1 heterocycles. The van der Waals surface area contributed by atoms with Gasteiger partial charge in [-0.15, -0.1) is 0 Å². The molecule has 5 heteroatoms. The molecule has 0 spiro atoms. The van der Waals surface area contributed by atoms with Gasteiger partial charge in [-0.25, -0.2) is 0 Å². The Morgan fingerprint density at radius 1 is 1.43 bits per heavy atom. The summed E-state index contributed by atoms with van der Waals surface area (Å²) in [6.07, 6.45) is 3.22. The molecule has 1 aliphatic rings. The lowest BCUT2D eigenvalue weighted by atomic mass is 10.0. The molecular formula is C18H32N4O. The quantitative estimate of drug-likeness (QED) is 0.876. The van der Waals surface area contributed by atoms with Crippen molar-refractivity contribution in [1.82, 2.24) is 14.7 Å². The van der Waals surface area contributed by atoms with Gasteiger partial charge in [-0.3, -0.25) is 9.48 Å². The van der Waals surface area contributed by atoms with E-state index < -0.39 is 0 Å². The van der Waals surface area contributed by atoms with Crippen LogP contribution in [0.15, 0.2) is 6.07 Å². The van der Waals surface area contributed by atoms with Crippen LogP contribution >= 0.6 is 0 Å². The third kappa shape index (κ3) is 4.34. The van der Waals surface area contributed by atoms with Crippen LogP contribution in [0.4, 0.5) is 0 Å². The summed E-state index contributed by atoms with van der Waals surface area (Å²) in [7, 11) is 1.84. The van der Waals surface area contributed by atoms with Crippen LogP contribution in [0.2, 0.25) is 0 Å². The van der Waals surface area contributed by atoms with Crippen LogP contribution in [-0.4, -0.2) is 40.2 Å². The highest BCUT2D eigenvalue weighted by molar-refractivity contribution is 5.92. The van der Waals surface area contributed by atoms with Gasteiger partial charge in [-0.2, -0.15) is 5.10 Å².